The first-order valence-corrected chi connectivity index (χ1v) is 6.32. The molecule has 0 heterocycles. The topological polar surface area (TPSA) is 52.5 Å². The Kier molecular flexibility index (Phi) is 5.18. The van der Waals surface area contributed by atoms with E-state index >= 15 is 0 Å². The second-order valence-electron chi connectivity index (χ2n) is 5.41. The third-order valence-corrected chi connectivity index (χ3v) is 3.42. The summed E-state index contributed by atoms with van der Waals surface area (Å²) in [7, 11) is 0. The molecule has 20 heavy (non-hydrogen) atoms. The molecular weight excluding hydrogens is 271 g/mol. The lowest BCUT2D eigenvalue weighted by atomic mass is 9.98. The zero-order chi connectivity index (χ0) is 15.6. The minimum Gasteiger partial charge on any atom is -0.392 e. The third-order valence-electron chi connectivity index (χ3n) is 3.42. The van der Waals surface area contributed by atoms with Crippen LogP contribution in [0.3, 0.4) is 0 Å². The lowest BCUT2D eigenvalue weighted by molar-refractivity contribution is -0.137. The number of hydrogen-bond donors (Lipinski definition) is 3. The van der Waals surface area contributed by atoms with Gasteiger partial charge in [-0.1, -0.05) is 12.1 Å². The highest BCUT2D eigenvalue weighted by Gasteiger charge is 2.30. The van der Waals surface area contributed by atoms with Crippen molar-refractivity contribution in [3.8, 4) is 0 Å². The molecule has 3 N–H and O–H groups in total. The van der Waals surface area contributed by atoms with Crippen LogP contribution < -0.4 is 5.32 Å². The Morgan fingerprint density at radius 1 is 1.10 bits per heavy atom. The van der Waals surface area contributed by atoms with Crippen LogP contribution in [0, 0.1) is 0 Å². The van der Waals surface area contributed by atoms with Crippen molar-refractivity contribution in [3.63, 3.8) is 0 Å². The van der Waals surface area contributed by atoms with Gasteiger partial charge >= 0.3 is 6.18 Å². The summed E-state index contributed by atoms with van der Waals surface area (Å²) in [4.78, 5) is 0. The smallest absolute Gasteiger partial charge is 0.392 e. The van der Waals surface area contributed by atoms with Gasteiger partial charge in [0, 0.05) is 12.1 Å². The maximum atomic E-state index is 12.4. The zero-order valence-electron chi connectivity index (χ0n) is 11.7. The van der Waals surface area contributed by atoms with E-state index in [1.54, 1.807) is 20.8 Å². The summed E-state index contributed by atoms with van der Waals surface area (Å²) >= 11 is 0. The number of alkyl halides is 3. The summed E-state index contributed by atoms with van der Waals surface area (Å²) in [5, 5.41) is 22.4. The van der Waals surface area contributed by atoms with Gasteiger partial charge in [-0.05, 0) is 38.5 Å². The van der Waals surface area contributed by atoms with E-state index in [0.717, 1.165) is 12.1 Å². The summed E-state index contributed by atoms with van der Waals surface area (Å²) in [5.74, 6) is 0. The van der Waals surface area contributed by atoms with Crippen LogP contribution in [0.4, 0.5) is 13.2 Å². The van der Waals surface area contributed by atoms with Crippen LogP contribution in [0.25, 0.3) is 0 Å². The highest BCUT2D eigenvalue weighted by atomic mass is 19.4. The predicted molar refractivity (Wildman–Crippen MR) is 70.2 cm³/mol. The molecule has 2 unspecified atom stereocenters. The van der Waals surface area contributed by atoms with Gasteiger partial charge in [-0.25, -0.2) is 0 Å². The molecule has 0 saturated carbocycles. The Labute approximate surface area is 116 Å². The Balaban J connectivity index is 2.67. The summed E-state index contributed by atoms with van der Waals surface area (Å²) in [6.07, 6.45) is -5.94. The number of nitrogens with one attached hydrogen (secondary N) is 1. The van der Waals surface area contributed by atoms with Crippen molar-refractivity contribution in [1.29, 1.82) is 0 Å². The van der Waals surface area contributed by atoms with Gasteiger partial charge < -0.3 is 15.5 Å². The zero-order valence-corrected chi connectivity index (χ0v) is 11.7. The minimum absolute atomic E-state index is 0.142. The van der Waals surface area contributed by atoms with Gasteiger partial charge in [-0.2, -0.15) is 13.2 Å². The first-order chi connectivity index (χ1) is 9.04. The van der Waals surface area contributed by atoms with E-state index in [9.17, 15) is 23.4 Å². The van der Waals surface area contributed by atoms with Gasteiger partial charge in [0.25, 0.3) is 0 Å². The molecule has 1 rings (SSSR count). The predicted octanol–water partition coefficient (Wildman–Crippen LogP) is 2.49. The maximum Gasteiger partial charge on any atom is 0.416 e. The molecule has 0 bridgehead atoms. The van der Waals surface area contributed by atoms with Crippen molar-refractivity contribution in [3.05, 3.63) is 35.4 Å². The van der Waals surface area contributed by atoms with E-state index in [4.69, 9.17) is 0 Å². The van der Waals surface area contributed by atoms with Crippen LogP contribution in [-0.2, 0) is 6.18 Å². The maximum absolute atomic E-state index is 12.4. The SMILES string of the molecule is CC(O)C(C)(C)NCC(O)c1ccc(C(F)(F)F)cc1. The quantitative estimate of drug-likeness (QED) is 0.781. The molecule has 0 saturated heterocycles. The largest absolute Gasteiger partial charge is 0.416 e. The van der Waals surface area contributed by atoms with Crippen LogP contribution in [0.1, 0.15) is 38.0 Å². The van der Waals surface area contributed by atoms with Crippen molar-refractivity contribution in [2.24, 2.45) is 0 Å². The standard InChI is InChI=1S/C14H20F3NO2/c1-9(19)13(2,3)18-8-12(20)10-4-6-11(7-5-10)14(15,16)17/h4-7,9,12,18-20H,8H2,1-3H3. The number of hydrogen-bond acceptors (Lipinski definition) is 3. The molecule has 0 aliphatic rings. The van der Waals surface area contributed by atoms with E-state index in [0.29, 0.717) is 5.56 Å². The Hall–Kier alpha value is -1.11. The summed E-state index contributed by atoms with van der Waals surface area (Å²) < 4.78 is 37.2. The average molecular weight is 291 g/mol. The number of rotatable bonds is 5. The highest BCUT2D eigenvalue weighted by Crippen LogP contribution is 2.29. The average Bonchev–Trinajstić information content (AvgIpc) is 2.35. The van der Waals surface area contributed by atoms with Gasteiger partial charge in [0.15, 0.2) is 0 Å². The number of aliphatic hydroxyl groups excluding tert-OH is 2. The first kappa shape index (κ1) is 16.9. The molecule has 1 aromatic carbocycles. The third kappa shape index (κ3) is 4.47. The summed E-state index contributed by atoms with van der Waals surface area (Å²) in [5.41, 5.74) is -0.940. The molecule has 0 aliphatic heterocycles. The van der Waals surface area contributed by atoms with Gasteiger partial charge in [0.1, 0.15) is 0 Å². The van der Waals surface area contributed by atoms with E-state index in [-0.39, 0.29) is 6.54 Å². The van der Waals surface area contributed by atoms with Gasteiger partial charge in [0.2, 0.25) is 0 Å². The first-order valence-electron chi connectivity index (χ1n) is 6.32. The van der Waals surface area contributed by atoms with Crippen LogP contribution >= 0.6 is 0 Å². The van der Waals surface area contributed by atoms with Crippen molar-refractivity contribution in [2.45, 2.75) is 44.7 Å². The lowest BCUT2D eigenvalue weighted by Crippen LogP contribution is -2.49. The summed E-state index contributed by atoms with van der Waals surface area (Å²) in [6.45, 7) is 5.31. The molecule has 3 nitrogen and oxygen atoms in total. The van der Waals surface area contributed by atoms with Crippen molar-refractivity contribution < 1.29 is 23.4 Å². The van der Waals surface area contributed by atoms with E-state index in [2.05, 4.69) is 5.32 Å². The molecular formula is C14H20F3NO2. The fourth-order valence-corrected chi connectivity index (χ4v) is 1.52. The van der Waals surface area contributed by atoms with E-state index in [1.165, 1.54) is 12.1 Å². The molecule has 0 aliphatic carbocycles. The molecule has 2 atom stereocenters. The van der Waals surface area contributed by atoms with E-state index < -0.39 is 29.5 Å². The minimum atomic E-state index is -4.38. The fourth-order valence-electron chi connectivity index (χ4n) is 1.52. The van der Waals surface area contributed by atoms with Crippen LogP contribution in [0.15, 0.2) is 24.3 Å². The second-order valence-corrected chi connectivity index (χ2v) is 5.41. The fraction of sp³-hybridized carbons (Fsp3) is 0.571. The monoisotopic (exact) mass is 291 g/mol. The number of β-amino-alcohol motifs (C(OH)–C–C–N with tert-alkyl or cyclic N) is 1. The molecule has 6 heteroatoms. The van der Waals surface area contributed by atoms with Crippen molar-refractivity contribution >= 4 is 0 Å². The van der Waals surface area contributed by atoms with Crippen molar-refractivity contribution in [2.75, 3.05) is 6.54 Å². The second kappa shape index (κ2) is 6.11. The normalized spacial score (nSPS) is 16.0. The lowest BCUT2D eigenvalue weighted by Gasteiger charge is -2.30. The highest BCUT2D eigenvalue weighted by molar-refractivity contribution is 5.26. The van der Waals surface area contributed by atoms with Gasteiger partial charge in [0.05, 0.1) is 17.8 Å². The van der Waals surface area contributed by atoms with Gasteiger partial charge in [-0.15, -0.1) is 0 Å². The molecule has 1 aromatic rings. The molecule has 0 aromatic heterocycles. The Bertz CT molecular complexity index is 427. The van der Waals surface area contributed by atoms with Gasteiger partial charge in [-0.3, -0.25) is 0 Å². The molecule has 0 amide bonds. The molecule has 0 spiro atoms. The van der Waals surface area contributed by atoms with Crippen LogP contribution in [-0.4, -0.2) is 28.4 Å². The number of aliphatic hydroxyl groups is 2. The van der Waals surface area contributed by atoms with E-state index in [1.807, 2.05) is 0 Å². The molecule has 0 fully saturated rings. The number of halogens is 3. The Morgan fingerprint density at radius 2 is 1.60 bits per heavy atom. The van der Waals surface area contributed by atoms with Crippen molar-refractivity contribution in [1.82, 2.24) is 5.32 Å². The molecule has 114 valence electrons. The number of benzene rings is 1. The van der Waals surface area contributed by atoms with Crippen LogP contribution in [0.5, 0.6) is 0 Å². The Morgan fingerprint density at radius 3 is 2.00 bits per heavy atom. The molecule has 0 radical (unpaired) electrons. The van der Waals surface area contributed by atoms with Crippen LogP contribution in [0.2, 0.25) is 0 Å². The summed E-state index contributed by atoms with van der Waals surface area (Å²) in [6, 6.07) is 4.39.